The molecule has 0 amide bonds. The maximum absolute atomic E-state index is 13.2. The summed E-state index contributed by atoms with van der Waals surface area (Å²) in [6.07, 6.45) is 4.28. The summed E-state index contributed by atoms with van der Waals surface area (Å²) in [7, 11) is 3.17. The van der Waals surface area contributed by atoms with Crippen LogP contribution in [0.15, 0.2) is 41.4 Å². The molecule has 0 spiro atoms. The lowest BCUT2D eigenvalue weighted by Crippen LogP contribution is -2.36. The number of nitrogens with zero attached hydrogens (tertiary/aromatic N) is 2. The number of anilines is 1. The monoisotopic (exact) mass is 394 g/mol. The smallest absolute Gasteiger partial charge is 0.182 e. The van der Waals surface area contributed by atoms with Crippen molar-refractivity contribution in [1.82, 2.24) is 0 Å². The second kappa shape index (κ2) is 9.59. The second-order valence-corrected chi connectivity index (χ2v) is 7.41. The summed E-state index contributed by atoms with van der Waals surface area (Å²) in [5.74, 6) is 2.20. The van der Waals surface area contributed by atoms with Gasteiger partial charge in [0, 0.05) is 24.2 Å². The van der Waals surface area contributed by atoms with Crippen LogP contribution in [-0.2, 0) is 0 Å². The average molecular weight is 395 g/mol. The summed E-state index contributed by atoms with van der Waals surface area (Å²) in [6, 6.07) is 11.5. The Morgan fingerprint density at radius 2 is 1.83 bits per heavy atom. The lowest BCUT2D eigenvalue weighted by atomic mass is 10.0. The molecular weight excluding hydrogens is 364 g/mol. The van der Waals surface area contributed by atoms with E-state index in [1.807, 2.05) is 6.07 Å². The van der Waals surface area contributed by atoms with Crippen molar-refractivity contribution in [2.24, 2.45) is 4.99 Å². The number of amidine groups is 1. The Bertz CT molecular complexity index is 905. The predicted molar refractivity (Wildman–Crippen MR) is 118 cm³/mol. The Kier molecular flexibility index (Phi) is 6.91. The van der Waals surface area contributed by atoms with Gasteiger partial charge in [-0.05, 0) is 62.1 Å². The molecule has 154 valence electrons. The van der Waals surface area contributed by atoms with Crippen LogP contribution in [0.3, 0.4) is 0 Å². The molecule has 0 fully saturated rings. The lowest BCUT2D eigenvalue weighted by Gasteiger charge is -2.28. The molecule has 5 nitrogen and oxygen atoms in total. The minimum atomic E-state index is 0.0267. The van der Waals surface area contributed by atoms with E-state index in [2.05, 4.69) is 30.9 Å². The van der Waals surface area contributed by atoms with Crippen LogP contribution in [0, 0.1) is 13.8 Å². The zero-order valence-corrected chi connectivity index (χ0v) is 17.8. The number of methoxy groups -OCH3 is 2. The minimum absolute atomic E-state index is 0.0267. The van der Waals surface area contributed by atoms with Gasteiger partial charge in [0.2, 0.25) is 0 Å². The SMILES string of the molecule is COc1ccc(C(=O)CN(C2=NCCCCC2)c2cccc(C)c2C)cc1OC. The van der Waals surface area contributed by atoms with Gasteiger partial charge in [-0.25, -0.2) is 0 Å². The molecule has 0 bridgehead atoms. The number of aliphatic imine (C=N–C) groups is 1. The Morgan fingerprint density at radius 3 is 2.59 bits per heavy atom. The van der Waals surface area contributed by atoms with E-state index in [0.29, 0.717) is 17.1 Å². The second-order valence-electron chi connectivity index (χ2n) is 7.41. The van der Waals surface area contributed by atoms with Crippen molar-refractivity contribution in [2.75, 3.05) is 32.2 Å². The van der Waals surface area contributed by atoms with Crippen molar-refractivity contribution >= 4 is 17.3 Å². The molecule has 0 saturated carbocycles. The van der Waals surface area contributed by atoms with Gasteiger partial charge in [-0.15, -0.1) is 0 Å². The van der Waals surface area contributed by atoms with Crippen LogP contribution in [0.2, 0.25) is 0 Å². The largest absolute Gasteiger partial charge is 0.493 e. The Balaban J connectivity index is 1.95. The summed E-state index contributed by atoms with van der Waals surface area (Å²) >= 11 is 0. The number of benzene rings is 2. The van der Waals surface area contributed by atoms with Gasteiger partial charge >= 0.3 is 0 Å². The van der Waals surface area contributed by atoms with Crippen LogP contribution in [0.1, 0.15) is 47.2 Å². The number of rotatable bonds is 6. The zero-order valence-electron chi connectivity index (χ0n) is 17.8. The number of ketones is 1. The molecule has 0 aliphatic carbocycles. The molecule has 3 rings (SSSR count). The van der Waals surface area contributed by atoms with E-state index in [-0.39, 0.29) is 12.3 Å². The van der Waals surface area contributed by atoms with Crippen molar-refractivity contribution < 1.29 is 14.3 Å². The number of Topliss-reactive ketones (excluding diaryl/α,β-unsaturated/α-hetero) is 1. The van der Waals surface area contributed by atoms with Crippen LogP contribution in [0.4, 0.5) is 5.69 Å². The molecule has 1 heterocycles. The Hall–Kier alpha value is -2.82. The van der Waals surface area contributed by atoms with Crippen molar-refractivity contribution in [3.63, 3.8) is 0 Å². The highest BCUT2D eigenvalue weighted by Crippen LogP contribution is 2.29. The standard InChI is InChI=1S/C24H30N2O3/c1-17-9-8-10-20(18(17)2)26(24-11-6-5-7-14-25-24)16-21(27)19-12-13-22(28-3)23(15-19)29-4/h8-10,12-13,15H,5-7,11,14,16H2,1-4H3. The molecule has 0 atom stereocenters. The fourth-order valence-corrected chi connectivity index (χ4v) is 3.67. The van der Waals surface area contributed by atoms with Crippen LogP contribution in [-0.4, -0.2) is 38.9 Å². The topological polar surface area (TPSA) is 51.1 Å². The molecule has 5 heteroatoms. The van der Waals surface area contributed by atoms with E-state index in [1.165, 1.54) is 17.5 Å². The average Bonchev–Trinajstić information content (AvgIpc) is 3.03. The molecule has 2 aromatic rings. The fourth-order valence-electron chi connectivity index (χ4n) is 3.67. The maximum atomic E-state index is 13.2. The van der Waals surface area contributed by atoms with Gasteiger partial charge in [0.15, 0.2) is 17.3 Å². The predicted octanol–water partition coefficient (Wildman–Crippen LogP) is 4.98. The van der Waals surface area contributed by atoms with Crippen LogP contribution in [0.25, 0.3) is 0 Å². The summed E-state index contributed by atoms with van der Waals surface area (Å²) in [4.78, 5) is 20.2. The number of aryl methyl sites for hydroxylation is 1. The molecule has 0 radical (unpaired) electrons. The van der Waals surface area contributed by atoms with Gasteiger partial charge in [-0.1, -0.05) is 18.6 Å². The van der Waals surface area contributed by atoms with E-state index < -0.39 is 0 Å². The summed E-state index contributed by atoms with van der Waals surface area (Å²) < 4.78 is 10.7. The van der Waals surface area contributed by atoms with E-state index in [9.17, 15) is 4.79 Å². The van der Waals surface area contributed by atoms with Crippen molar-refractivity contribution in [3.05, 3.63) is 53.1 Å². The summed E-state index contributed by atoms with van der Waals surface area (Å²) in [5, 5.41) is 0. The highest BCUT2D eigenvalue weighted by Gasteiger charge is 2.22. The normalized spacial score (nSPS) is 14.0. The Labute approximate surface area is 173 Å². The third kappa shape index (κ3) is 4.78. The van der Waals surface area contributed by atoms with Gasteiger partial charge < -0.3 is 14.4 Å². The molecule has 1 aliphatic rings. The highest BCUT2D eigenvalue weighted by atomic mass is 16.5. The summed E-state index contributed by atoms with van der Waals surface area (Å²) in [5.41, 5.74) is 4.05. The van der Waals surface area contributed by atoms with Crippen LogP contribution < -0.4 is 14.4 Å². The van der Waals surface area contributed by atoms with Crippen LogP contribution >= 0.6 is 0 Å². The molecule has 0 unspecified atom stereocenters. The van der Waals surface area contributed by atoms with Crippen molar-refractivity contribution in [2.45, 2.75) is 39.5 Å². The third-order valence-electron chi connectivity index (χ3n) is 5.54. The third-order valence-corrected chi connectivity index (χ3v) is 5.54. The summed E-state index contributed by atoms with van der Waals surface area (Å²) in [6.45, 7) is 5.28. The molecule has 1 aliphatic heterocycles. The fraction of sp³-hybridized carbons (Fsp3) is 0.417. The van der Waals surface area contributed by atoms with Crippen LogP contribution in [0.5, 0.6) is 11.5 Å². The maximum Gasteiger partial charge on any atom is 0.182 e. The lowest BCUT2D eigenvalue weighted by molar-refractivity contribution is 0.100. The van der Waals surface area contributed by atoms with Gasteiger partial charge in [-0.2, -0.15) is 0 Å². The first-order valence-corrected chi connectivity index (χ1v) is 10.2. The number of hydrogen-bond acceptors (Lipinski definition) is 5. The molecule has 0 N–H and O–H groups in total. The Morgan fingerprint density at radius 1 is 1.03 bits per heavy atom. The van der Waals surface area contributed by atoms with Gasteiger partial charge in [0.05, 0.1) is 20.8 Å². The van der Waals surface area contributed by atoms with E-state index in [1.54, 1.807) is 32.4 Å². The molecule has 29 heavy (non-hydrogen) atoms. The van der Waals surface area contributed by atoms with Gasteiger partial charge in [-0.3, -0.25) is 9.79 Å². The van der Waals surface area contributed by atoms with E-state index >= 15 is 0 Å². The molecule has 2 aromatic carbocycles. The first-order chi connectivity index (χ1) is 14.0. The first-order valence-electron chi connectivity index (χ1n) is 10.2. The number of carbonyl (C=O) groups is 1. The van der Waals surface area contributed by atoms with E-state index in [4.69, 9.17) is 14.5 Å². The van der Waals surface area contributed by atoms with Crippen molar-refractivity contribution in [3.8, 4) is 11.5 Å². The van der Waals surface area contributed by atoms with Crippen molar-refractivity contribution in [1.29, 1.82) is 0 Å². The molecule has 0 saturated heterocycles. The zero-order chi connectivity index (χ0) is 20.8. The van der Waals surface area contributed by atoms with E-state index in [0.717, 1.165) is 37.3 Å². The van der Waals surface area contributed by atoms with Gasteiger partial charge in [0.1, 0.15) is 5.84 Å². The first kappa shape index (κ1) is 20.9. The quantitative estimate of drug-likeness (QED) is 0.648. The highest BCUT2D eigenvalue weighted by molar-refractivity contribution is 6.07. The number of carbonyl (C=O) groups excluding carboxylic acids is 1. The number of ether oxygens (including phenoxy) is 2. The van der Waals surface area contributed by atoms with Gasteiger partial charge in [0.25, 0.3) is 0 Å². The molecule has 0 aromatic heterocycles. The molecular formula is C24H30N2O3. The minimum Gasteiger partial charge on any atom is -0.493 e. The number of hydrogen-bond donors (Lipinski definition) is 0.